The number of aromatic amines is 1. The molecule has 1 aromatic carbocycles. The molecular formula is C23H26Cl3N5O3S2. The van der Waals surface area contributed by atoms with Gasteiger partial charge < -0.3 is 4.90 Å². The van der Waals surface area contributed by atoms with Gasteiger partial charge in [-0.05, 0) is 49.6 Å². The maximum Gasteiger partial charge on any atom is 0.184 e. The number of hydrogen-bond donors (Lipinski definition) is 1. The summed E-state index contributed by atoms with van der Waals surface area (Å²) >= 11 is 1.06. The molecule has 5 rings (SSSR count). The van der Waals surface area contributed by atoms with E-state index in [0.29, 0.717) is 30.8 Å². The Morgan fingerprint density at radius 1 is 1.08 bits per heavy atom. The zero-order valence-electron chi connectivity index (χ0n) is 19.5. The van der Waals surface area contributed by atoms with E-state index in [1.165, 1.54) is 6.07 Å². The first-order valence-corrected chi connectivity index (χ1v) is 13.4. The van der Waals surface area contributed by atoms with Crippen LogP contribution in [0.25, 0.3) is 22.0 Å². The van der Waals surface area contributed by atoms with Gasteiger partial charge in [0.15, 0.2) is 15.6 Å². The first kappa shape index (κ1) is 30.0. The number of halogens is 3. The summed E-state index contributed by atoms with van der Waals surface area (Å²) in [6, 6.07) is 9.28. The van der Waals surface area contributed by atoms with Crippen molar-refractivity contribution in [1.29, 1.82) is 0 Å². The molecule has 0 bridgehead atoms. The molecule has 1 saturated heterocycles. The number of aryl methyl sites for hydroxylation is 1. The van der Waals surface area contributed by atoms with Crippen LogP contribution in [0.15, 0.2) is 47.1 Å². The van der Waals surface area contributed by atoms with E-state index < -0.39 is 9.84 Å². The van der Waals surface area contributed by atoms with Crippen molar-refractivity contribution in [1.82, 2.24) is 20.2 Å². The molecule has 0 aliphatic carbocycles. The number of rotatable bonds is 5. The van der Waals surface area contributed by atoms with Crippen LogP contribution in [0.3, 0.4) is 0 Å². The number of ketones is 1. The highest BCUT2D eigenvalue weighted by atomic mass is 35.5. The Hall–Kier alpha value is -2.24. The molecule has 36 heavy (non-hydrogen) atoms. The third kappa shape index (κ3) is 5.84. The molecule has 0 saturated carbocycles. The van der Waals surface area contributed by atoms with Crippen LogP contribution < -0.4 is 4.90 Å². The van der Waals surface area contributed by atoms with Crippen LogP contribution in [0.2, 0.25) is 0 Å². The van der Waals surface area contributed by atoms with Gasteiger partial charge >= 0.3 is 0 Å². The molecule has 194 valence electrons. The minimum atomic E-state index is -3.30. The van der Waals surface area contributed by atoms with E-state index in [4.69, 9.17) is 0 Å². The minimum absolute atomic E-state index is 0. The average Bonchev–Trinajstić information content (AvgIpc) is 3.47. The fourth-order valence-corrected chi connectivity index (χ4v) is 6.27. The Morgan fingerprint density at radius 2 is 1.81 bits per heavy atom. The van der Waals surface area contributed by atoms with Gasteiger partial charge in [-0.1, -0.05) is 6.07 Å². The predicted octanol–water partition coefficient (Wildman–Crippen LogP) is 5.16. The SMILES string of the molecule is Cc1n[nH]cc1-c1ccc2ncnc(N3CCC(C(=O)c4ccc(S(C)(=O)=O)s4)CC3)c2c1.Cl.Cl.Cl. The van der Waals surface area contributed by atoms with Crippen molar-refractivity contribution in [2.45, 2.75) is 24.0 Å². The van der Waals surface area contributed by atoms with Crippen molar-refractivity contribution >= 4 is 80.9 Å². The van der Waals surface area contributed by atoms with Gasteiger partial charge in [-0.25, -0.2) is 18.4 Å². The van der Waals surface area contributed by atoms with E-state index >= 15 is 0 Å². The van der Waals surface area contributed by atoms with Gasteiger partial charge in [-0.3, -0.25) is 9.89 Å². The number of anilines is 1. The molecule has 1 N–H and O–H groups in total. The number of sulfone groups is 1. The van der Waals surface area contributed by atoms with Crippen molar-refractivity contribution < 1.29 is 13.2 Å². The lowest BCUT2D eigenvalue weighted by Crippen LogP contribution is -2.36. The van der Waals surface area contributed by atoms with Crippen molar-refractivity contribution in [2.24, 2.45) is 5.92 Å². The van der Waals surface area contributed by atoms with Crippen molar-refractivity contribution in [3.05, 3.63) is 53.4 Å². The van der Waals surface area contributed by atoms with Gasteiger partial charge in [0.25, 0.3) is 0 Å². The van der Waals surface area contributed by atoms with Crippen LogP contribution in [0.1, 0.15) is 28.2 Å². The molecule has 4 heterocycles. The van der Waals surface area contributed by atoms with E-state index in [0.717, 1.165) is 51.1 Å². The van der Waals surface area contributed by atoms with Crippen molar-refractivity contribution in [3.63, 3.8) is 0 Å². The zero-order chi connectivity index (χ0) is 23.2. The van der Waals surface area contributed by atoms with Gasteiger partial charge in [0.2, 0.25) is 0 Å². The Balaban J connectivity index is 0.00000152. The van der Waals surface area contributed by atoms with E-state index in [2.05, 4.69) is 31.1 Å². The molecule has 1 fully saturated rings. The summed E-state index contributed by atoms with van der Waals surface area (Å²) in [6.07, 6.45) is 6.01. The number of Topliss-reactive ketones (excluding diaryl/α,β-unsaturated/α-hetero) is 1. The number of piperidine rings is 1. The number of aromatic nitrogens is 4. The summed E-state index contributed by atoms with van der Waals surface area (Å²) < 4.78 is 23.7. The predicted molar refractivity (Wildman–Crippen MR) is 150 cm³/mol. The monoisotopic (exact) mass is 589 g/mol. The Morgan fingerprint density at radius 3 is 2.42 bits per heavy atom. The number of nitrogens with one attached hydrogen (secondary N) is 1. The highest BCUT2D eigenvalue weighted by Gasteiger charge is 2.28. The summed E-state index contributed by atoms with van der Waals surface area (Å²) in [5, 5.41) is 8.09. The van der Waals surface area contributed by atoms with Crippen LogP contribution in [0.4, 0.5) is 5.82 Å². The molecule has 3 aromatic heterocycles. The van der Waals surface area contributed by atoms with Gasteiger partial charge in [0.05, 0.1) is 16.1 Å². The Labute approximate surface area is 232 Å². The van der Waals surface area contributed by atoms with E-state index in [1.54, 1.807) is 12.4 Å². The fraction of sp³-hybridized carbons (Fsp3) is 0.304. The number of carbonyl (C=O) groups excluding carboxylic acids is 1. The molecular weight excluding hydrogens is 565 g/mol. The number of carbonyl (C=O) groups is 1. The molecule has 0 unspecified atom stereocenters. The molecule has 1 aliphatic heterocycles. The fourth-order valence-electron chi connectivity index (χ4n) is 4.32. The molecule has 13 heteroatoms. The molecule has 8 nitrogen and oxygen atoms in total. The third-order valence-electron chi connectivity index (χ3n) is 6.11. The number of hydrogen-bond acceptors (Lipinski definition) is 8. The Kier molecular flexibility index (Phi) is 9.89. The van der Waals surface area contributed by atoms with Crippen LogP contribution >= 0.6 is 48.6 Å². The number of H-pyrrole nitrogens is 1. The number of thiophene rings is 1. The maximum atomic E-state index is 13.0. The highest BCUT2D eigenvalue weighted by Crippen LogP contribution is 2.33. The topological polar surface area (TPSA) is 109 Å². The minimum Gasteiger partial charge on any atom is -0.356 e. The lowest BCUT2D eigenvalue weighted by atomic mass is 9.91. The number of benzene rings is 1. The van der Waals surface area contributed by atoms with Crippen LogP contribution in [-0.2, 0) is 9.84 Å². The standard InChI is InChI=1S/C23H23N5O3S2.3ClH/c1-14-18(12-26-27-14)16-3-4-19-17(11-16)23(25-13-24-19)28-9-7-15(8-10-28)22(29)20-5-6-21(32-20)33(2,30)31;;;/h3-6,11-13,15H,7-10H2,1-2H3,(H,26,27);3*1H. The van der Waals surface area contributed by atoms with E-state index in [9.17, 15) is 13.2 Å². The van der Waals surface area contributed by atoms with E-state index in [1.807, 2.05) is 25.3 Å². The summed E-state index contributed by atoms with van der Waals surface area (Å²) in [6.45, 7) is 3.36. The van der Waals surface area contributed by atoms with Crippen molar-refractivity contribution in [2.75, 3.05) is 24.2 Å². The smallest absolute Gasteiger partial charge is 0.184 e. The molecule has 0 spiro atoms. The normalized spacial score (nSPS) is 14.0. The van der Waals surface area contributed by atoms with Crippen LogP contribution in [0, 0.1) is 12.8 Å². The molecule has 4 aromatic rings. The third-order valence-corrected chi connectivity index (χ3v) is 9.03. The second-order valence-electron chi connectivity index (χ2n) is 8.33. The second kappa shape index (κ2) is 11.9. The van der Waals surface area contributed by atoms with Gasteiger partial charge in [0, 0.05) is 42.4 Å². The summed E-state index contributed by atoms with van der Waals surface area (Å²) in [4.78, 5) is 24.7. The quantitative estimate of drug-likeness (QED) is 0.320. The largest absolute Gasteiger partial charge is 0.356 e. The number of fused-ring (bicyclic) bond motifs is 1. The maximum absolute atomic E-state index is 13.0. The number of nitrogens with zero attached hydrogens (tertiary/aromatic N) is 4. The average molecular weight is 591 g/mol. The second-order valence-corrected chi connectivity index (χ2v) is 11.7. The first-order chi connectivity index (χ1) is 15.8. The summed E-state index contributed by atoms with van der Waals surface area (Å²) in [5.41, 5.74) is 3.89. The van der Waals surface area contributed by atoms with Crippen molar-refractivity contribution in [3.8, 4) is 11.1 Å². The molecule has 0 radical (unpaired) electrons. The van der Waals surface area contributed by atoms with Gasteiger partial charge in [0.1, 0.15) is 16.4 Å². The molecule has 0 atom stereocenters. The molecule has 0 amide bonds. The Bertz CT molecular complexity index is 1460. The lowest BCUT2D eigenvalue weighted by molar-refractivity contribution is 0.0904. The molecule has 1 aliphatic rings. The first-order valence-electron chi connectivity index (χ1n) is 10.7. The summed E-state index contributed by atoms with van der Waals surface area (Å²) in [5.74, 6) is 0.772. The van der Waals surface area contributed by atoms with Gasteiger partial charge in [-0.15, -0.1) is 48.6 Å². The summed E-state index contributed by atoms with van der Waals surface area (Å²) in [7, 11) is -3.30. The van der Waals surface area contributed by atoms with Crippen LogP contribution in [0.5, 0.6) is 0 Å². The van der Waals surface area contributed by atoms with E-state index in [-0.39, 0.29) is 53.1 Å². The van der Waals surface area contributed by atoms with Gasteiger partial charge in [-0.2, -0.15) is 5.10 Å². The zero-order valence-corrected chi connectivity index (χ0v) is 23.6. The van der Waals surface area contributed by atoms with Crippen LogP contribution in [-0.4, -0.2) is 53.7 Å². The highest BCUT2D eigenvalue weighted by molar-refractivity contribution is 7.92. The lowest BCUT2D eigenvalue weighted by Gasteiger charge is -2.32.